The third kappa shape index (κ3) is 4.28. The maximum Gasteiger partial charge on any atom is 0.306 e. The zero-order valence-corrected chi connectivity index (χ0v) is 18.7. The van der Waals surface area contributed by atoms with E-state index >= 15 is 0 Å². The number of nitrogens with zero attached hydrogens (tertiary/aromatic N) is 1. The van der Waals surface area contributed by atoms with Gasteiger partial charge >= 0.3 is 5.97 Å². The summed E-state index contributed by atoms with van der Waals surface area (Å²) in [6, 6.07) is 19.0. The van der Waals surface area contributed by atoms with E-state index in [1.54, 1.807) is 12.1 Å². The summed E-state index contributed by atoms with van der Waals surface area (Å²) >= 11 is 0. The minimum absolute atomic E-state index is 0.0740. The van der Waals surface area contributed by atoms with Gasteiger partial charge in [-0.1, -0.05) is 69.3 Å². The van der Waals surface area contributed by atoms with Crippen molar-refractivity contribution < 1.29 is 19.1 Å². The van der Waals surface area contributed by atoms with Gasteiger partial charge in [-0.05, 0) is 40.5 Å². The molecule has 5 nitrogen and oxygen atoms in total. The normalized spacial score (nSPS) is 13.5. The lowest BCUT2D eigenvalue weighted by Crippen LogP contribution is -2.41. The highest BCUT2D eigenvalue weighted by molar-refractivity contribution is 6.25. The summed E-state index contributed by atoms with van der Waals surface area (Å²) in [7, 11) is 0. The van der Waals surface area contributed by atoms with Crippen molar-refractivity contribution in [3.63, 3.8) is 0 Å². The molecule has 0 N–H and O–H groups in total. The summed E-state index contributed by atoms with van der Waals surface area (Å²) in [4.78, 5) is 39.2. The first-order valence-electron chi connectivity index (χ1n) is 10.9. The van der Waals surface area contributed by atoms with Gasteiger partial charge in [0.25, 0.3) is 11.8 Å². The molecule has 0 spiro atoms. The van der Waals surface area contributed by atoms with E-state index in [1.807, 2.05) is 36.4 Å². The fraction of sp³-hybridized carbons (Fsp3) is 0.296. The topological polar surface area (TPSA) is 63.7 Å². The summed E-state index contributed by atoms with van der Waals surface area (Å²) in [6.07, 6.45) is 0.500. The maximum absolute atomic E-state index is 12.9. The Labute approximate surface area is 188 Å². The minimum atomic E-state index is -0.343. The summed E-state index contributed by atoms with van der Waals surface area (Å²) < 4.78 is 5.37. The SMILES string of the molecule is CC(C)(C)c1ccc(COC(=O)CCCN2C(=O)c3cccc4cccc(c34)C2=O)cc1. The number of ether oxygens (including phenoxy) is 1. The first-order valence-corrected chi connectivity index (χ1v) is 10.9. The second kappa shape index (κ2) is 8.58. The molecule has 3 aromatic carbocycles. The van der Waals surface area contributed by atoms with Gasteiger partial charge in [-0.3, -0.25) is 19.3 Å². The Balaban J connectivity index is 1.32. The molecule has 0 aromatic heterocycles. The van der Waals surface area contributed by atoms with Crippen LogP contribution >= 0.6 is 0 Å². The Bertz CT molecular complexity index is 1140. The largest absolute Gasteiger partial charge is 0.461 e. The maximum atomic E-state index is 12.9. The lowest BCUT2D eigenvalue weighted by molar-refractivity contribution is -0.145. The van der Waals surface area contributed by atoms with Crippen LogP contribution in [0.4, 0.5) is 0 Å². The van der Waals surface area contributed by atoms with Gasteiger partial charge in [0.1, 0.15) is 6.61 Å². The molecule has 0 fully saturated rings. The lowest BCUT2D eigenvalue weighted by atomic mass is 9.87. The van der Waals surface area contributed by atoms with Crippen LogP contribution in [0, 0.1) is 0 Å². The lowest BCUT2D eigenvalue weighted by Gasteiger charge is -2.27. The quantitative estimate of drug-likeness (QED) is 0.396. The molecule has 4 rings (SSSR count). The molecule has 0 radical (unpaired) electrons. The molecule has 0 bridgehead atoms. The van der Waals surface area contributed by atoms with Crippen molar-refractivity contribution in [2.75, 3.05) is 6.54 Å². The van der Waals surface area contributed by atoms with Gasteiger partial charge in [0, 0.05) is 29.5 Å². The van der Waals surface area contributed by atoms with Crippen LogP contribution in [0.15, 0.2) is 60.7 Å². The molecule has 32 heavy (non-hydrogen) atoms. The fourth-order valence-electron chi connectivity index (χ4n) is 4.00. The average molecular weight is 430 g/mol. The van der Waals surface area contributed by atoms with Crippen molar-refractivity contribution in [3.8, 4) is 0 Å². The minimum Gasteiger partial charge on any atom is -0.461 e. The molecule has 3 aromatic rings. The van der Waals surface area contributed by atoms with Crippen molar-refractivity contribution in [3.05, 3.63) is 82.9 Å². The van der Waals surface area contributed by atoms with Crippen LogP contribution in [-0.2, 0) is 21.6 Å². The van der Waals surface area contributed by atoms with E-state index in [1.165, 1.54) is 10.5 Å². The van der Waals surface area contributed by atoms with Gasteiger partial charge < -0.3 is 4.74 Å². The zero-order chi connectivity index (χ0) is 22.9. The number of hydrogen-bond acceptors (Lipinski definition) is 4. The Morgan fingerprint density at radius 2 is 1.47 bits per heavy atom. The van der Waals surface area contributed by atoms with E-state index in [9.17, 15) is 14.4 Å². The van der Waals surface area contributed by atoms with Crippen molar-refractivity contribution in [1.29, 1.82) is 0 Å². The first-order chi connectivity index (χ1) is 15.3. The molecule has 0 unspecified atom stereocenters. The average Bonchev–Trinajstić information content (AvgIpc) is 2.78. The highest BCUT2D eigenvalue weighted by Crippen LogP contribution is 2.30. The molecule has 1 aliphatic heterocycles. The number of rotatable bonds is 6. The molecule has 0 aliphatic carbocycles. The van der Waals surface area contributed by atoms with Gasteiger partial charge in [0.05, 0.1) is 0 Å². The van der Waals surface area contributed by atoms with E-state index in [0.717, 1.165) is 10.9 Å². The molecule has 2 amide bonds. The zero-order valence-electron chi connectivity index (χ0n) is 18.7. The summed E-state index contributed by atoms with van der Waals surface area (Å²) in [5, 5.41) is 1.58. The molecule has 1 heterocycles. The number of esters is 1. The monoisotopic (exact) mass is 429 g/mol. The van der Waals surface area contributed by atoms with Gasteiger partial charge in [-0.15, -0.1) is 0 Å². The highest BCUT2D eigenvalue weighted by Gasteiger charge is 2.32. The third-order valence-corrected chi connectivity index (χ3v) is 5.84. The molecule has 1 aliphatic rings. The summed E-state index contributed by atoms with van der Waals surface area (Å²) in [5.41, 5.74) is 3.28. The van der Waals surface area contributed by atoms with E-state index in [-0.39, 0.29) is 42.8 Å². The molecule has 0 saturated heterocycles. The Morgan fingerprint density at radius 1 is 0.875 bits per heavy atom. The second-order valence-corrected chi connectivity index (χ2v) is 9.18. The molecule has 0 atom stereocenters. The van der Waals surface area contributed by atoms with Crippen LogP contribution in [0.2, 0.25) is 0 Å². The predicted molar refractivity (Wildman–Crippen MR) is 123 cm³/mol. The Morgan fingerprint density at radius 3 is 2.03 bits per heavy atom. The van der Waals surface area contributed by atoms with E-state index in [2.05, 4.69) is 32.9 Å². The van der Waals surface area contributed by atoms with Crippen LogP contribution in [0.1, 0.15) is 65.5 Å². The highest BCUT2D eigenvalue weighted by atomic mass is 16.5. The van der Waals surface area contributed by atoms with E-state index in [4.69, 9.17) is 4.74 Å². The smallest absolute Gasteiger partial charge is 0.306 e. The van der Waals surface area contributed by atoms with Crippen LogP contribution in [0.25, 0.3) is 10.8 Å². The Hall–Kier alpha value is -3.47. The fourth-order valence-corrected chi connectivity index (χ4v) is 4.00. The number of carbonyl (C=O) groups is 3. The van der Waals surface area contributed by atoms with Gasteiger partial charge in [-0.25, -0.2) is 0 Å². The first kappa shape index (κ1) is 21.8. The number of carbonyl (C=O) groups excluding carboxylic acids is 3. The molecule has 0 saturated carbocycles. The van der Waals surface area contributed by atoms with Crippen LogP contribution in [-0.4, -0.2) is 29.2 Å². The van der Waals surface area contributed by atoms with Crippen LogP contribution in [0.3, 0.4) is 0 Å². The van der Waals surface area contributed by atoms with E-state index in [0.29, 0.717) is 22.9 Å². The van der Waals surface area contributed by atoms with Crippen molar-refractivity contribution in [1.82, 2.24) is 4.90 Å². The molecular formula is C27H27NO4. The van der Waals surface area contributed by atoms with E-state index < -0.39 is 0 Å². The molecular weight excluding hydrogens is 402 g/mol. The van der Waals surface area contributed by atoms with Gasteiger partial charge in [0.2, 0.25) is 0 Å². The van der Waals surface area contributed by atoms with Crippen LogP contribution < -0.4 is 0 Å². The summed E-state index contributed by atoms with van der Waals surface area (Å²) in [6.45, 7) is 6.84. The Kier molecular flexibility index (Phi) is 5.83. The molecule has 164 valence electrons. The van der Waals surface area contributed by atoms with Crippen LogP contribution in [0.5, 0.6) is 0 Å². The van der Waals surface area contributed by atoms with Crippen molar-refractivity contribution >= 4 is 28.6 Å². The van der Waals surface area contributed by atoms with Crippen molar-refractivity contribution in [2.45, 2.75) is 45.6 Å². The number of amides is 2. The predicted octanol–water partition coefficient (Wildman–Crippen LogP) is 5.26. The molecule has 5 heteroatoms. The van der Waals surface area contributed by atoms with Gasteiger partial charge in [-0.2, -0.15) is 0 Å². The standard InChI is InChI=1S/C27H27NO4/c1-27(2,3)20-14-12-18(13-15-20)17-32-23(29)11-6-16-28-25(30)21-9-4-7-19-8-5-10-22(24(19)21)26(28)31/h4-5,7-10,12-15H,6,11,16-17H2,1-3H3. The number of benzene rings is 3. The number of hydrogen-bond donors (Lipinski definition) is 0. The van der Waals surface area contributed by atoms with Crippen molar-refractivity contribution in [2.24, 2.45) is 0 Å². The van der Waals surface area contributed by atoms with Gasteiger partial charge in [0.15, 0.2) is 0 Å². The summed E-state index contributed by atoms with van der Waals surface area (Å²) in [5.74, 6) is -0.970. The third-order valence-electron chi connectivity index (χ3n) is 5.84. The number of imide groups is 1. The second-order valence-electron chi connectivity index (χ2n) is 9.18.